The van der Waals surface area contributed by atoms with E-state index in [9.17, 15) is 14.4 Å². The van der Waals surface area contributed by atoms with Crippen molar-refractivity contribution in [1.29, 1.82) is 0 Å². The Labute approximate surface area is 157 Å². The fourth-order valence-corrected chi connectivity index (χ4v) is 2.38. The van der Waals surface area contributed by atoms with E-state index in [0.29, 0.717) is 34.9 Å². The number of hydrogen-bond acceptors (Lipinski definition) is 5. The predicted octanol–water partition coefficient (Wildman–Crippen LogP) is 3.47. The lowest BCUT2D eigenvalue weighted by Crippen LogP contribution is -2.14. The molecule has 0 radical (unpaired) electrons. The Morgan fingerprint density at radius 1 is 0.926 bits per heavy atom. The first kappa shape index (κ1) is 20.0. The molecule has 0 heterocycles. The van der Waals surface area contributed by atoms with Gasteiger partial charge in [0, 0.05) is 18.2 Å². The minimum absolute atomic E-state index is 0.222. The molecule has 0 aliphatic heterocycles. The number of esters is 1. The first-order chi connectivity index (χ1) is 12.9. The highest BCUT2D eigenvalue weighted by Gasteiger charge is 2.14. The fraction of sp³-hybridized carbons (Fsp3) is 0.250. The molecule has 0 aliphatic rings. The number of amides is 2. The number of nitrogens with one attached hydrogen (secondary N) is 2. The molecule has 27 heavy (non-hydrogen) atoms. The lowest BCUT2D eigenvalue weighted by molar-refractivity contribution is -0.114. The molecule has 142 valence electrons. The Hall–Kier alpha value is -3.35. The Morgan fingerprint density at radius 3 is 2.37 bits per heavy atom. The topological polar surface area (TPSA) is 93.7 Å². The molecule has 0 saturated carbocycles. The summed E-state index contributed by atoms with van der Waals surface area (Å²) in [4.78, 5) is 35.6. The Bertz CT molecular complexity index is 848. The predicted molar refractivity (Wildman–Crippen MR) is 102 cm³/mol. The van der Waals surface area contributed by atoms with Gasteiger partial charge in [-0.15, -0.1) is 0 Å². The van der Waals surface area contributed by atoms with Crippen LogP contribution in [0.4, 0.5) is 11.4 Å². The second kappa shape index (κ2) is 9.38. The van der Waals surface area contributed by atoms with E-state index in [1.54, 1.807) is 50.2 Å². The van der Waals surface area contributed by atoms with Crippen LogP contribution in [0.1, 0.15) is 41.5 Å². The molecular formula is C20H22N2O5. The zero-order valence-electron chi connectivity index (χ0n) is 15.5. The van der Waals surface area contributed by atoms with Gasteiger partial charge in [-0.2, -0.15) is 0 Å². The summed E-state index contributed by atoms with van der Waals surface area (Å²) in [6, 6.07) is 11.3. The minimum atomic E-state index is -0.459. The molecule has 0 saturated heterocycles. The maximum Gasteiger partial charge on any atom is 0.338 e. The molecule has 2 aromatic carbocycles. The summed E-state index contributed by atoms with van der Waals surface area (Å²) in [7, 11) is 0. The SMILES string of the molecule is CCOC(=O)c1ccc(NC(=O)c2cccc(NC(C)=O)c2)c(OCC)c1. The van der Waals surface area contributed by atoms with Crippen LogP contribution in [0, 0.1) is 0 Å². The third-order valence-electron chi connectivity index (χ3n) is 3.49. The van der Waals surface area contributed by atoms with Gasteiger partial charge >= 0.3 is 5.97 Å². The number of carbonyl (C=O) groups is 3. The van der Waals surface area contributed by atoms with Crippen LogP contribution in [-0.2, 0) is 9.53 Å². The van der Waals surface area contributed by atoms with Gasteiger partial charge in [-0.25, -0.2) is 4.79 Å². The first-order valence-electron chi connectivity index (χ1n) is 8.57. The Kier molecular flexibility index (Phi) is 6.93. The third kappa shape index (κ3) is 5.57. The van der Waals surface area contributed by atoms with Gasteiger partial charge in [-0.3, -0.25) is 9.59 Å². The van der Waals surface area contributed by atoms with Gasteiger partial charge in [0.05, 0.1) is 24.5 Å². The van der Waals surface area contributed by atoms with Crippen molar-refractivity contribution in [1.82, 2.24) is 0 Å². The van der Waals surface area contributed by atoms with Crippen LogP contribution in [0.2, 0.25) is 0 Å². The van der Waals surface area contributed by atoms with E-state index in [1.165, 1.54) is 13.0 Å². The van der Waals surface area contributed by atoms with E-state index in [2.05, 4.69) is 10.6 Å². The smallest absolute Gasteiger partial charge is 0.338 e. The number of hydrogen-bond donors (Lipinski definition) is 2. The van der Waals surface area contributed by atoms with Crippen molar-refractivity contribution >= 4 is 29.2 Å². The standard InChI is InChI=1S/C20H22N2O5/c1-4-26-18-12-15(20(25)27-5-2)9-10-17(18)22-19(24)14-7-6-8-16(11-14)21-13(3)23/h6-12H,4-5H2,1-3H3,(H,21,23)(H,22,24). The molecule has 2 amide bonds. The average molecular weight is 370 g/mol. The van der Waals surface area contributed by atoms with Crippen LogP contribution in [0.25, 0.3) is 0 Å². The lowest BCUT2D eigenvalue weighted by atomic mass is 10.1. The number of benzene rings is 2. The Morgan fingerprint density at radius 2 is 1.70 bits per heavy atom. The molecule has 0 fully saturated rings. The molecular weight excluding hydrogens is 348 g/mol. The summed E-state index contributed by atoms with van der Waals surface area (Å²) in [5, 5.41) is 5.39. The van der Waals surface area contributed by atoms with E-state index >= 15 is 0 Å². The van der Waals surface area contributed by atoms with E-state index < -0.39 is 5.97 Å². The van der Waals surface area contributed by atoms with E-state index in [4.69, 9.17) is 9.47 Å². The molecule has 0 aliphatic carbocycles. The van der Waals surface area contributed by atoms with Crippen molar-refractivity contribution in [3.63, 3.8) is 0 Å². The van der Waals surface area contributed by atoms with Crippen molar-refractivity contribution < 1.29 is 23.9 Å². The van der Waals surface area contributed by atoms with Crippen LogP contribution in [0.3, 0.4) is 0 Å². The summed E-state index contributed by atoms with van der Waals surface area (Å²) in [6.45, 7) is 5.57. The van der Waals surface area contributed by atoms with Gasteiger partial charge in [-0.1, -0.05) is 6.07 Å². The van der Waals surface area contributed by atoms with Crippen molar-refractivity contribution in [3.05, 3.63) is 53.6 Å². The highest BCUT2D eigenvalue weighted by Crippen LogP contribution is 2.27. The maximum absolute atomic E-state index is 12.6. The number of ether oxygens (including phenoxy) is 2. The number of anilines is 2. The number of rotatable bonds is 7. The zero-order chi connectivity index (χ0) is 19.8. The monoisotopic (exact) mass is 370 g/mol. The van der Waals surface area contributed by atoms with Gasteiger partial charge in [-0.05, 0) is 50.2 Å². The summed E-state index contributed by atoms with van der Waals surface area (Å²) >= 11 is 0. The van der Waals surface area contributed by atoms with Gasteiger partial charge in [0.25, 0.3) is 5.91 Å². The molecule has 0 bridgehead atoms. The van der Waals surface area contributed by atoms with E-state index in [0.717, 1.165) is 0 Å². The second-order valence-electron chi connectivity index (χ2n) is 5.58. The van der Waals surface area contributed by atoms with Crippen LogP contribution in [-0.4, -0.2) is 31.0 Å². The van der Waals surface area contributed by atoms with Crippen LogP contribution in [0.5, 0.6) is 5.75 Å². The Balaban J connectivity index is 2.23. The minimum Gasteiger partial charge on any atom is -0.492 e. The van der Waals surface area contributed by atoms with Crippen molar-refractivity contribution in [2.75, 3.05) is 23.8 Å². The van der Waals surface area contributed by atoms with Gasteiger partial charge in [0.2, 0.25) is 5.91 Å². The summed E-state index contributed by atoms with van der Waals surface area (Å²) in [5.41, 5.74) is 1.67. The lowest BCUT2D eigenvalue weighted by Gasteiger charge is -2.13. The van der Waals surface area contributed by atoms with Crippen LogP contribution >= 0.6 is 0 Å². The van der Waals surface area contributed by atoms with Crippen molar-refractivity contribution in [3.8, 4) is 5.75 Å². The van der Waals surface area contributed by atoms with Crippen molar-refractivity contribution in [2.45, 2.75) is 20.8 Å². The van der Waals surface area contributed by atoms with Gasteiger partial charge in [0.15, 0.2) is 0 Å². The summed E-state index contributed by atoms with van der Waals surface area (Å²) < 4.78 is 10.5. The molecule has 2 rings (SSSR count). The molecule has 2 aromatic rings. The molecule has 0 aromatic heterocycles. The third-order valence-corrected chi connectivity index (χ3v) is 3.49. The van der Waals surface area contributed by atoms with Gasteiger partial charge < -0.3 is 20.1 Å². The quantitative estimate of drug-likeness (QED) is 0.728. The highest BCUT2D eigenvalue weighted by molar-refractivity contribution is 6.06. The molecule has 7 heteroatoms. The first-order valence-corrected chi connectivity index (χ1v) is 8.57. The summed E-state index contributed by atoms with van der Waals surface area (Å²) in [6.07, 6.45) is 0. The van der Waals surface area contributed by atoms with Crippen LogP contribution in [0.15, 0.2) is 42.5 Å². The summed E-state index contributed by atoms with van der Waals surface area (Å²) in [5.74, 6) is -0.679. The number of carbonyl (C=O) groups excluding carboxylic acids is 3. The fourth-order valence-electron chi connectivity index (χ4n) is 2.38. The molecule has 7 nitrogen and oxygen atoms in total. The van der Waals surface area contributed by atoms with Crippen molar-refractivity contribution in [2.24, 2.45) is 0 Å². The second-order valence-corrected chi connectivity index (χ2v) is 5.58. The molecule has 0 spiro atoms. The molecule has 2 N–H and O–H groups in total. The molecule has 0 atom stereocenters. The van der Waals surface area contributed by atoms with Crippen LogP contribution < -0.4 is 15.4 Å². The maximum atomic E-state index is 12.6. The zero-order valence-corrected chi connectivity index (χ0v) is 15.5. The average Bonchev–Trinajstić information content (AvgIpc) is 2.63. The van der Waals surface area contributed by atoms with E-state index in [1.807, 2.05) is 0 Å². The van der Waals surface area contributed by atoms with Gasteiger partial charge in [0.1, 0.15) is 5.75 Å². The molecule has 0 unspecified atom stereocenters. The largest absolute Gasteiger partial charge is 0.492 e. The van der Waals surface area contributed by atoms with E-state index in [-0.39, 0.29) is 18.4 Å². The normalized spacial score (nSPS) is 10.0. The highest BCUT2D eigenvalue weighted by atomic mass is 16.5.